The van der Waals surface area contributed by atoms with Crippen LogP contribution in [0.4, 0.5) is 24.8 Å². The Hall–Kier alpha value is -3.66. The maximum atomic E-state index is 12.6. The first-order valence-electron chi connectivity index (χ1n) is 8.69. The molecule has 1 heterocycles. The number of nitrogens with zero attached hydrogens (tertiary/aromatic N) is 2. The second kappa shape index (κ2) is 9.43. The SMILES string of the molecule is O=C(CCl)Nc1cc(C(=O)Nc2ncc(-c3ccccc3)cn2)ccc1OC(F)(F)F. The summed E-state index contributed by atoms with van der Waals surface area (Å²) >= 11 is 5.38. The van der Waals surface area contributed by atoms with Gasteiger partial charge in [-0.05, 0) is 23.8 Å². The first-order chi connectivity index (χ1) is 14.7. The molecular formula is C20H14ClF3N4O3. The standard InChI is InChI=1S/C20H14ClF3N4O3/c21-9-17(29)27-15-8-13(6-7-16(15)31-20(22,23)24)18(30)28-19-25-10-14(11-26-19)12-4-2-1-3-5-12/h1-8,10-11H,9H2,(H,27,29)(H,25,26,28,30). The lowest BCUT2D eigenvalue weighted by atomic mass is 10.1. The van der Waals surface area contributed by atoms with Crippen LogP contribution in [0.25, 0.3) is 11.1 Å². The van der Waals surface area contributed by atoms with E-state index in [1.165, 1.54) is 12.4 Å². The summed E-state index contributed by atoms with van der Waals surface area (Å²) in [4.78, 5) is 32.1. The van der Waals surface area contributed by atoms with Crippen molar-refractivity contribution >= 4 is 35.1 Å². The second-order valence-electron chi connectivity index (χ2n) is 6.06. The second-order valence-corrected chi connectivity index (χ2v) is 6.32. The average molecular weight is 451 g/mol. The number of benzene rings is 2. The molecule has 0 saturated heterocycles. The van der Waals surface area contributed by atoms with Crippen LogP contribution in [-0.4, -0.2) is 34.0 Å². The van der Waals surface area contributed by atoms with E-state index in [4.69, 9.17) is 11.6 Å². The highest BCUT2D eigenvalue weighted by molar-refractivity contribution is 6.29. The Bertz CT molecular complexity index is 1080. The lowest BCUT2D eigenvalue weighted by Gasteiger charge is -2.15. The lowest BCUT2D eigenvalue weighted by Crippen LogP contribution is -2.21. The summed E-state index contributed by atoms with van der Waals surface area (Å²) in [5, 5.41) is 4.60. The molecular weight excluding hydrogens is 437 g/mol. The van der Waals surface area contributed by atoms with E-state index in [0.717, 1.165) is 29.3 Å². The molecule has 11 heteroatoms. The van der Waals surface area contributed by atoms with Gasteiger partial charge in [-0.1, -0.05) is 30.3 Å². The van der Waals surface area contributed by atoms with Crippen molar-refractivity contribution in [2.45, 2.75) is 6.36 Å². The van der Waals surface area contributed by atoms with Crippen LogP contribution < -0.4 is 15.4 Å². The minimum Gasteiger partial charge on any atom is -0.404 e. The zero-order valence-electron chi connectivity index (χ0n) is 15.6. The van der Waals surface area contributed by atoms with E-state index in [0.29, 0.717) is 0 Å². The molecule has 0 fully saturated rings. The van der Waals surface area contributed by atoms with E-state index in [9.17, 15) is 22.8 Å². The Balaban J connectivity index is 1.79. The number of hydrogen-bond acceptors (Lipinski definition) is 5. The lowest BCUT2D eigenvalue weighted by molar-refractivity contribution is -0.274. The van der Waals surface area contributed by atoms with Gasteiger partial charge in [0.05, 0.1) is 5.69 Å². The quantitative estimate of drug-likeness (QED) is 0.540. The van der Waals surface area contributed by atoms with Gasteiger partial charge in [0.15, 0.2) is 5.75 Å². The Morgan fingerprint density at radius 3 is 2.26 bits per heavy atom. The molecule has 0 unspecified atom stereocenters. The van der Waals surface area contributed by atoms with Crippen LogP contribution in [0.5, 0.6) is 5.75 Å². The zero-order chi connectivity index (χ0) is 22.4. The molecule has 2 aromatic carbocycles. The molecule has 31 heavy (non-hydrogen) atoms. The largest absolute Gasteiger partial charge is 0.573 e. The van der Waals surface area contributed by atoms with Crippen molar-refractivity contribution in [3.8, 4) is 16.9 Å². The van der Waals surface area contributed by atoms with Crippen molar-refractivity contribution in [2.75, 3.05) is 16.5 Å². The van der Waals surface area contributed by atoms with E-state index in [2.05, 4.69) is 25.3 Å². The summed E-state index contributed by atoms with van der Waals surface area (Å²) in [7, 11) is 0. The Morgan fingerprint density at radius 2 is 1.65 bits per heavy atom. The fraction of sp³-hybridized carbons (Fsp3) is 0.100. The summed E-state index contributed by atoms with van der Waals surface area (Å²) in [5.41, 5.74) is 1.20. The molecule has 3 rings (SSSR count). The average Bonchev–Trinajstić information content (AvgIpc) is 2.75. The van der Waals surface area contributed by atoms with Crippen LogP contribution in [0.1, 0.15) is 10.4 Å². The molecule has 7 nitrogen and oxygen atoms in total. The van der Waals surface area contributed by atoms with E-state index in [1.807, 2.05) is 30.3 Å². The van der Waals surface area contributed by atoms with Crippen LogP contribution in [0.15, 0.2) is 60.9 Å². The molecule has 3 aromatic rings. The van der Waals surface area contributed by atoms with Crippen LogP contribution in [0.3, 0.4) is 0 Å². The number of rotatable bonds is 6. The fourth-order valence-corrected chi connectivity index (χ4v) is 2.58. The summed E-state index contributed by atoms with van der Waals surface area (Å²) < 4.78 is 41.6. The maximum Gasteiger partial charge on any atom is 0.573 e. The van der Waals surface area contributed by atoms with Gasteiger partial charge in [0.25, 0.3) is 5.91 Å². The van der Waals surface area contributed by atoms with Gasteiger partial charge in [0.1, 0.15) is 5.88 Å². The Kier molecular flexibility index (Phi) is 6.71. The summed E-state index contributed by atoms with van der Waals surface area (Å²) in [5.74, 6) is -2.67. The van der Waals surface area contributed by atoms with Crippen molar-refractivity contribution in [1.82, 2.24) is 9.97 Å². The first-order valence-corrected chi connectivity index (χ1v) is 9.23. The number of halogens is 4. The van der Waals surface area contributed by atoms with E-state index >= 15 is 0 Å². The number of nitrogens with one attached hydrogen (secondary N) is 2. The molecule has 0 aliphatic rings. The normalized spacial score (nSPS) is 11.0. The molecule has 0 aliphatic heterocycles. The van der Waals surface area contributed by atoms with Gasteiger partial charge in [0.2, 0.25) is 11.9 Å². The fourth-order valence-electron chi connectivity index (χ4n) is 2.51. The number of amides is 2. The number of hydrogen-bond donors (Lipinski definition) is 2. The van der Waals surface area contributed by atoms with E-state index in [1.54, 1.807) is 0 Å². The molecule has 0 radical (unpaired) electrons. The van der Waals surface area contributed by atoms with Gasteiger partial charge in [-0.2, -0.15) is 0 Å². The highest BCUT2D eigenvalue weighted by Crippen LogP contribution is 2.31. The third kappa shape index (κ3) is 6.16. The van der Waals surface area contributed by atoms with Crippen molar-refractivity contribution in [2.24, 2.45) is 0 Å². The van der Waals surface area contributed by atoms with Gasteiger partial charge < -0.3 is 10.1 Å². The smallest absolute Gasteiger partial charge is 0.404 e. The number of aromatic nitrogens is 2. The van der Waals surface area contributed by atoms with E-state index in [-0.39, 0.29) is 17.2 Å². The van der Waals surface area contributed by atoms with Crippen molar-refractivity contribution in [1.29, 1.82) is 0 Å². The predicted molar refractivity (Wildman–Crippen MR) is 108 cm³/mol. The number of ether oxygens (including phenoxy) is 1. The Labute approximate surface area is 179 Å². The summed E-state index contributed by atoms with van der Waals surface area (Å²) in [6, 6.07) is 12.4. The van der Waals surface area contributed by atoms with Crippen molar-refractivity contribution in [3.05, 3.63) is 66.5 Å². The van der Waals surface area contributed by atoms with Crippen LogP contribution in [-0.2, 0) is 4.79 Å². The van der Waals surface area contributed by atoms with Crippen LogP contribution >= 0.6 is 11.6 Å². The van der Waals surface area contributed by atoms with E-state index < -0.39 is 29.8 Å². The third-order valence-electron chi connectivity index (χ3n) is 3.85. The molecule has 0 spiro atoms. The van der Waals surface area contributed by atoms with Gasteiger partial charge in [-0.15, -0.1) is 24.8 Å². The maximum absolute atomic E-state index is 12.6. The number of alkyl halides is 4. The van der Waals surface area contributed by atoms with Crippen LogP contribution in [0, 0.1) is 0 Å². The van der Waals surface area contributed by atoms with Gasteiger partial charge in [-0.25, -0.2) is 9.97 Å². The molecule has 0 bridgehead atoms. The predicted octanol–water partition coefficient (Wildman–Crippen LogP) is 4.47. The number of carbonyl (C=O) groups excluding carboxylic acids is 2. The number of carbonyl (C=O) groups is 2. The van der Waals surface area contributed by atoms with Crippen molar-refractivity contribution < 1.29 is 27.5 Å². The molecule has 2 N–H and O–H groups in total. The minimum atomic E-state index is -4.99. The summed E-state index contributed by atoms with van der Waals surface area (Å²) in [6.07, 6.45) is -1.95. The number of anilines is 2. The molecule has 0 saturated carbocycles. The highest BCUT2D eigenvalue weighted by atomic mass is 35.5. The zero-order valence-corrected chi connectivity index (χ0v) is 16.4. The Morgan fingerprint density at radius 1 is 0.968 bits per heavy atom. The minimum absolute atomic E-state index is 0.00774. The molecule has 0 atom stereocenters. The monoisotopic (exact) mass is 450 g/mol. The van der Waals surface area contributed by atoms with Crippen LogP contribution in [0.2, 0.25) is 0 Å². The van der Waals surface area contributed by atoms with Gasteiger partial charge in [0, 0.05) is 23.5 Å². The molecule has 0 aliphatic carbocycles. The third-order valence-corrected chi connectivity index (χ3v) is 4.09. The molecule has 2 amide bonds. The topological polar surface area (TPSA) is 93.2 Å². The van der Waals surface area contributed by atoms with Gasteiger partial charge >= 0.3 is 6.36 Å². The highest BCUT2D eigenvalue weighted by Gasteiger charge is 2.32. The van der Waals surface area contributed by atoms with Crippen molar-refractivity contribution in [3.63, 3.8) is 0 Å². The van der Waals surface area contributed by atoms with Gasteiger partial charge in [-0.3, -0.25) is 14.9 Å². The molecule has 1 aromatic heterocycles. The summed E-state index contributed by atoms with van der Waals surface area (Å²) in [6.45, 7) is 0. The molecule has 160 valence electrons. The first kappa shape index (κ1) is 22.0.